The van der Waals surface area contributed by atoms with E-state index in [1.54, 1.807) is 0 Å². The van der Waals surface area contributed by atoms with Crippen molar-refractivity contribution in [3.05, 3.63) is 35.5 Å². The summed E-state index contributed by atoms with van der Waals surface area (Å²) in [4.78, 5) is 10.9. The molecule has 0 aliphatic rings. The summed E-state index contributed by atoms with van der Waals surface area (Å²) in [5, 5.41) is 15.7. The lowest BCUT2D eigenvalue weighted by Crippen LogP contribution is -2.35. The number of nitrogens with one attached hydrogen (secondary N) is 2. The van der Waals surface area contributed by atoms with Gasteiger partial charge in [-0.2, -0.15) is 0 Å². The third kappa shape index (κ3) is 7.81. The molecule has 1 atom stereocenters. The molecular formula is C17H26N2O3. The summed E-state index contributed by atoms with van der Waals surface area (Å²) >= 11 is 0. The van der Waals surface area contributed by atoms with Gasteiger partial charge in [0.25, 0.3) is 0 Å². The Morgan fingerprint density at radius 2 is 1.91 bits per heavy atom. The van der Waals surface area contributed by atoms with Crippen molar-refractivity contribution in [2.45, 2.75) is 39.8 Å². The standard InChI is InChI=1S/C17H26N2O3/c1-12(2)18-10-16(21)11-22-17-7-5-15(6-8-17)9-13(3)19-14(4)20/h5-9,12,16,18,21H,10-11H2,1-4H3,(H,19,20)/b13-9+. The van der Waals surface area contributed by atoms with E-state index in [9.17, 15) is 9.90 Å². The molecule has 0 radical (unpaired) electrons. The second-order valence-corrected chi connectivity index (χ2v) is 5.61. The van der Waals surface area contributed by atoms with Gasteiger partial charge in [-0.25, -0.2) is 0 Å². The maximum Gasteiger partial charge on any atom is 0.220 e. The maximum absolute atomic E-state index is 10.9. The second kappa shape index (κ2) is 9.23. The van der Waals surface area contributed by atoms with Crippen LogP contribution in [0.3, 0.4) is 0 Å². The maximum atomic E-state index is 10.9. The summed E-state index contributed by atoms with van der Waals surface area (Å²) in [6.07, 6.45) is 1.34. The molecule has 1 aromatic carbocycles. The normalized spacial score (nSPS) is 13.1. The fraction of sp³-hybridized carbons (Fsp3) is 0.471. The van der Waals surface area contributed by atoms with Gasteiger partial charge in [0.05, 0.1) is 0 Å². The van der Waals surface area contributed by atoms with Gasteiger partial charge in [0.1, 0.15) is 18.5 Å². The zero-order chi connectivity index (χ0) is 16.5. The number of hydrogen-bond donors (Lipinski definition) is 3. The molecule has 0 spiro atoms. The number of benzene rings is 1. The van der Waals surface area contributed by atoms with Crippen LogP contribution in [-0.2, 0) is 4.79 Å². The minimum Gasteiger partial charge on any atom is -0.491 e. The van der Waals surface area contributed by atoms with E-state index in [4.69, 9.17) is 4.74 Å². The molecule has 5 nitrogen and oxygen atoms in total. The van der Waals surface area contributed by atoms with Crippen LogP contribution in [0.1, 0.15) is 33.3 Å². The second-order valence-electron chi connectivity index (χ2n) is 5.61. The number of allylic oxidation sites excluding steroid dienone is 1. The molecule has 0 bridgehead atoms. The summed E-state index contributed by atoms with van der Waals surface area (Å²) in [6, 6.07) is 7.83. The van der Waals surface area contributed by atoms with Crippen LogP contribution in [0.5, 0.6) is 5.75 Å². The number of ether oxygens (including phenoxy) is 1. The van der Waals surface area contributed by atoms with Crippen LogP contribution in [-0.4, -0.2) is 36.3 Å². The van der Waals surface area contributed by atoms with Crippen LogP contribution in [0.2, 0.25) is 0 Å². The number of aliphatic hydroxyl groups is 1. The highest BCUT2D eigenvalue weighted by Crippen LogP contribution is 2.14. The number of carbonyl (C=O) groups excluding carboxylic acids is 1. The Bertz CT molecular complexity index is 495. The highest BCUT2D eigenvalue weighted by Gasteiger charge is 2.05. The molecule has 0 aliphatic heterocycles. The first-order valence-corrected chi connectivity index (χ1v) is 7.47. The van der Waals surface area contributed by atoms with Crippen molar-refractivity contribution in [3.8, 4) is 5.75 Å². The minimum atomic E-state index is -0.538. The summed E-state index contributed by atoms with van der Waals surface area (Å²) in [5.74, 6) is 0.621. The molecule has 0 aromatic heterocycles. The van der Waals surface area contributed by atoms with Gasteiger partial charge < -0.3 is 20.5 Å². The average Bonchev–Trinajstić information content (AvgIpc) is 2.43. The molecule has 0 aliphatic carbocycles. The van der Waals surface area contributed by atoms with E-state index in [0.29, 0.717) is 18.3 Å². The van der Waals surface area contributed by atoms with Crippen molar-refractivity contribution >= 4 is 12.0 Å². The highest BCUT2D eigenvalue weighted by molar-refractivity contribution is 5.76. The van der Waals surface area contributed by atoms with Crippen molar-refractivity contribution in [1.29, 1.82) is 0 Å². The molecule has 0 saturated heterocycles. The van der Waals surface area contributed by atoms with Crippen molar-refractivity contribution in [3.63, 3.8) is 0 Å². The lowest BCUT2D eigenvalue weighted by atomic mass is 10.2. The van der Waals surface area contributed by atoms with Crippen molar-refractivity contribution in [2.24, 2.45) is 0 Å². The van der Waals surface area contributed by atoms with Crippen LogP contribution in [0.15, 0.2) is 30.0 Å². The third-order valence-electron chi connectivity index (χ3n) is 2.84. The zero-order valence-electron chi connectivity index (χ0n) is 13.7. The van der Waals surface area contributed by atoms with Crippen molar-refractivity contribution in [2.75, 3.05) is 13.2 Å². The fourth-order valence-corrected chi connectivity index (χ4v) is 1.85. The summed E-state index contributed by atoms with van der Waals surface area (Å²) in [6.45, 7) is 8.14. The van der Waals surface area contributed by atoms with Crippen LogP contribution < -0.4 is 15.4 Å². The molecule has 1 rings (SSSR count). The van der Waals surface area contributed by atoms with E-state index in [1.165, 1.54) is 6.92 Å². The topological polar surface area (TPSA) is 70.6 Å². The number of hydrogen-bond acceptors (Lipinski definition) is 4. The number of carbonyl (C=O) groups is 1. The molecule has 1 amide bonds. The molecular weight excluding hydrogens is 280 g/mol. The van der Waals surface area contributed by atoms with Crippen LogP contribution in [0.25, 0.3) is 6.08 Å². The van der Waals surface area contributed by atoms with E-state index < -0.39 is 6.10 Å². The largest absolute Gasteiger partial charge is 0.491 e. The quantitative estimate of drug-likeness (QED) is 0.686. The minimum absolute atomic E-state index is 0.0855. The first kappa shape index (κ1) is 18.2. The Kier molecular flexibility index (Phi) is 7.63. The van der Waals surface area contributed by atoms with Gasteiger partial charge in [0, 0.05) is 25.2 Å². The van der Waals surface area contributed by atoms with E-state index in [2.05, 4.69) is 10.6 Å². The van der Waals surface area contributed by atoms with Crippen molar-refractivity contribution < 1.29 is 14.6 Å². The molecule has 22 heavy (non-hydrogen) atoms. The molecule has 0 heterocycles. The van der Waals surface area contributed by atoms with Gasteiger partial charge in [-0.3, -0.25) is 4.79 Å². The Hall–Kier alpha value is -1.85. The van der Waals surface area contributed by atoms with Crippen LogP contribution in [0, 0.1) is 0 Å². The third-order valence-corrected chi connectivity index (χ3v) is 2.84. The first-order chi connectivity index (χ1) is 10.4. The summed E-state index contributed by atoms with van der Waals surface area (Å²) in [7, 11) is 0. The lowest BCUT2D eigenvalue weighted by Gasteiger charge is -2.15. The Balaban J connectivity index is 2.46. The van der Waals surface area contributed by atoms with Gasteiger partial charge in [-0.1, -0.05) is 26.0 Å². The Morgan fingerprint density at radius 3 is 2.45 bits per heavy atom. The summed E-state index contributed by atoms with van der Waals surface area (Å²) in [5.41, 5.74) is 1.76. The smallest absolute Gasteiger partial charge is 0.220 e. The summed E-state index contributed by atoms with van der Waals surface area (Å²) < 4.78 is 5.54. The van der Waals surface area contributed by atoms with E-state index in [1.807, 2.05) is 51.1 Å². The SMILES string of the molecule is CC(=O)N/C(C)=C/c1ccc(OCC(O)CNC(C)C)cc1. The predicted octanol–water partition coefficient (Wildman–Crippen LogP) is 1.92. The predicted molar refractivity (Wildman–Crippen MR) is 88.6 cm³/mol. The lowest BCUT2D eigenvalue weighted by molar-refractivity contribution is -0.118. The Labute approximate surface area is 132 Å². The molecule has 3 N–H and O–H groups in total. The van der Waals surface area contributed by atoms with Crippen LogP contribution in [0.4, 0.5) is 0 Å². The first-order valence-electron chi connectivity index (χ1n) is 7.47. The van der Waals surface area contributed by atoms with Gasteiger partial charge >= 0.3 is 0 Å². The van der Waals surface area contributed by atoms with E-state index >= 15 is 0 Å². The monoisotopic (exact) mass is 306 g/mol. The molecule has 0 fully saturated rings. The zero-order valence-corrected chi connectivity index (χ0v) is 13.7. The molecule has 1 aromatic rings. The number of amides is 1. The number of aliphatic hydroxyl groups excluding tert-OH is 1. The van der Waals surface area contributed by atoms with Gasteiger partial charge in [-0.05, 0) is 30.7 Å². The molecule has 1 unspecified atom stereocenters. The molecule has 0 saturated carbocycles. The molecule has 122 valence electrons. The van der Waals surface area contributed by atoms with E-state index in [0.717, 1.165) is 11.3 Å². The fourth-order valence-electron chi connectivity index (χ4n) is 1.85. The highest BCUT2D eigenvalue weighted by atomic mass is 16.5. The van der Waals surface area contributed by atoms with Gasteiger partial charge in [-0.15, -0.1) is 0 Å². The van der Waals surface area contributed by atoms with E-state index in [-0.39, 0.29) is 12.5 Å². The van der Waals surface area contributed by atoms with Gasteiger partial charge in [0.2, 0.25) is 5.91 Å². The van der Waals surface area contributed by atoms with Gasteiger partial charge in [0.15, 0.2) is 0 Å². The molecule has 5 heteroatoms. The van der Waals surface area contributed by atoms with Crippen molar-refractivity contribution in [1.82, 2.24) is 10.6 Å². The van der Waals surface area contributed by atoms with Crippen LogP contribution >= 0.6 is 0 Å². The average molecular weight is 306 g/mol. The number of rotatable bonds is 8. The Morgan fingerprint density at radius 1 is 1.27 bits per heavy atom.